The van der Waals surface area contributed by atoms with Gasteiger partial charge in [0.2, 0.25) is 0 Å². The standard InChI is InChI=1S/C16H23N3S/c1-2-8-19-9-7-18-16(19)11-13(17)15-10-12-5-3-4-6-14(12)20-15/h7,9-10,13H,2-6,8,11,17H2,1H3. The van der Waals surface area contributed by atoms with Gasteiger partial charge in [-0.2, -0.15) is 0 Å². The minimum Gasteiger partial charge on any atom is -0.335 e. The van der Waals surface area contributed by atoms with Crippen molar-refractivity contribution in [1.29, 1.82) is 0 Å². The van der Waals surface area contributed by atoms with Crippen LogP contribution in [-0.4, -0.2) is 9.55 Å². The zero-order valence-corrected chi connectivity index (χ0v) is 13.0. The highest BCUT2D eigenvalue weighted by Crippen LogP contribution is 2.33. The van der Waals surface area contributed by atoms with Crippen molar-refractivity contribution in [2.45, 2.75) is 58.0 Å². The molecule has 2 aromatic heterocycles. The van der Waals surface area contributed by atoms with Gasteiger partial charge in [0, 0.05) is 41.2 Å². The van der Waals surface area contributed by atoms with Crippen molar-refractivity contribution in [2.75, 3.05) is 0 Å². The van der Waals surface area contributed by atoms with Gasteiger partial charge < -0.3 is 10.3 Å². The smallest absolute Gasteiger partial charge is 0.110 e. The van der Waals surface area contributed by atoms with Gasteiger partial charge >= 0.3 is 0 Å². The lowest BCUT2D eigenvalue weighted by Crippen LogP contribution is -2.15. The molecule has 0 saturated carbocycles. The van der Waals surface area contributed by atoms with E-state index in [-0.39, 0.29) is 6.04 Å². The van der Waals surface area contributed by atoms with E-state index in [0.29, 0.717) is 0 Å². The highest BCUT2D eigenvalue weighted by Gasteiger charge is 2.18. The normalized spacial score (nSPS) is 16.1. The maximum absolute atomic E-state index is 6.42. The summed E-state index contributed by atoms with van der Waals surface area (Å²) >= 11 is 1.92. The van der Waals surface area contributed by atoms with Crippen molar-refractivity contribution in [2.24, 2.45) is 5.73 Å². The van der Waals surface area contributed by atoms with Crippen LogP contribution >= 0.6 is 11.3 Å². The number of fused-ring (bicyclic) bond motifs is 1. The minimum absolute atomic E-state index is 0.0867. The third-order valence-electron chi connectivity index (χ3n) is 4.05. The lowest BCUT2D eigenvalue weighted by molar-refractivity contribution is 0.602. The summed E-state index contributed by atoms with van der Waals surface area (Å²) < 4.78 is 2.23. The molecule has 1 atom stereocenters. The van der Waals surface area contributed by atoms with E-state index in [1.54, 1.807) is 10.4 Å². The quantitative estimate of drug-likeness (QED) is 0.916. The fourth-order valence-corrected chi connectivity index (χ4v) is 4.23. The first-order valence-corrected chi connectivity index (χ1v) is 8.46. The van der Waals surface area contributed by atoms with Crippen LogP contribution in [0, 0.1) is 0 Å². The Morgan fingerprint density at radius 3 is 3.05 bits per heavy atom. The van der Waals surface area contributed by atoms with E-state index in [1.807, 2.05) is 17.5 Å². The lowest BCUT2D eigenvalue weighted by Gasteiger charge is -2.11. The molecule has 3 rings (SSSR count). The summed E-state index contributed by atoms with van der Waals surface area (Å²) in [6.45, 7) is 3.22. The number of nitrogens with two attached hydrogens (primary N) is 1. The molecule has 0 aromatic carbocycles. The second-order valence-electron chi connectivity index (χ2n) is 5.65. The van der Waals surface area contributed by atoms with Gasteiger partial charge in [0.05, 0.1) is 0 Å². The minimum atomic E-state index is 0.0867. The average Bonchev–Trinajstić information content (AvgIpc) is 3.06. The van der Waals surface area contributed by atoms with Gasteiger partial charge in [0.25, 0.3) is 0 Å². The van der Waals surface area contributed by atoms with Crippen molar-refractivity contribution in [1.82, 2.24) is 9.55 Å². The summed E-state index contributed by atoms with van der Waals surface area (Å²) in [5.74, 6) is 1.12. The molecule has 2 aromatic rings. The molecule has 3 nitrogen and oxygen atoms in total. The molecular formula is C16H23N3S. The fraction of sp³-hybridized carbons (Fsp3) is 0.562. The monoisotopic (exact) mass is 289 g/mol. The molecule has 0 saturated heterocycles. The Labute approximate surface area is 124 Å². The SMILES string of the molecule is CCCn1ccnc1CC(N)c1cc2c(s1)CCCC2. The maximum Gasteiger partial charge on any atom is 0.110 e. The van der Waals surface area contributed by atoms with Crippen LogP contribution in [0.1, 0.15) is 53.4 Å². The molecule has 0 spiro atoms. The Morgan fingerprint density at radius 1 is 1.40 bits per heavy atom. The van der Waals surface area contributed by atoms with Crippen LogP contribution in [-0.2, 0) is 25.8 Å². The molecule has 2 N–H and O–H groups in total. The molecule has 0 fully saturated rings. The van der Waals surface area contributed by atoms with Gasteiger partial charge in [0.15, 0.2) is 0 Å². The molecule has 108 valence electrons. The summed E-state index contributed by atoms with van der Waals surface area (Å²) in [6.07, 6.45) is 11.1. The van der Waals surface area contributed by atoms with Crippen molar-refractivity contribution in [3.05, 3.63) is 39.6 Å². The van der Waals surface area contributed by atoms with E-state index in [2.05, 4.69) is 28.7 Å². The third-order valence-corrected chi connectivity index (χ3v) is 5.42. The lowest BCUT2D eigenvalue weighted by atomic mass is 9.98. The molecule has 4 heteroatoms. The fourth-order valence-electron chi connectivity index (χ4n) is 2.97. The summed E-state index contributed by atoms with van der Waals surface area (Å²) in [4.78, 5) is 7.37. The van der Waals surface area contributed by atoms with E-state index in [9.17, 15) is 0 Å². The molecule has 1 aliphatic rings. The molecule has 0 amide bonds. The van der Waals surface area contributed by atoms with E-state index >= 15 is 0 Å². The highest BCUT2D eigenvalue weighted by molar-refractivity contribution is 7.12. The molecule has 20 heavy (non-hydrogen) atoms. The van der Waals surface area contributed by atoms with Gasteiger partial charge in [-0.25, -0.2) is 4.98 Å². The van der Waals surface area contributed by atoms with Crippen LogP contribution in [0.4, 0.5) is 0 Å². The van der Waals surface area contributed by atoms with Crippen LogP contribution in [0.25, 0.3) is 0 Å². The van der Waals surface area contributed by atoms with Crippen LogP contribution < -0.4 is 5.73 Å². The van der Waals surface area contributed by atoms with Gasteiger partial charge in [0.1, 0.15) is 5.82 Å². The van der Waals surface area contributed by atoms with Crippen LogP contribution in [0.15, 0.2) is 18.5 Å². The van der Waals surface area contributed by atoms with E-state index in [1.165, 1.54) is 30.6 Å². The van der Waals surface area contributed by atoms with Gasteiger partial charge in [-0.15, -0.1) is 11.3 Å². The van der Waals surface area contributed by atoms with Crippen LogP contribution in [0.5, 0.6) is 0 Å². The molecule has 1 unspecified atom stereocenters. The number of aromatic nitrogens is 2. The molecule has 0 bridgehead atoms. The number of aryl methyl sites for hydroxylation is 3. The van der Waals surface area contributed by atoms with E-state index in [4.69, 9.17) is 5.73 Å². The van der Waals surface area contributed by atoms with Crippen molar-refractivity contribution < 1.29 is 0 Å². The van der Waals surface area contributed by atoms with Crippen molar-refractivity contribution in [3.63, 3.8) is 0 Å². The zero-order chi connectivity index (χ0) is 13.9. The van der Waals surface area contributed by atoms with Crippen LogP contribution in [0.3, 0.4) is 0 Å². The number of hydrogen-bond donors (Lipinski definition) is 1. The van der Waals surface area contributed by atoms with E-state index in [0.717, 1.165) is 25.2 Å². The Balaban J connectivity index is 1.73. The highest BCUT2D eigenvalue weighted by atomic mass is 32.1. The maximum atomic E-state index is 6.42. The first-order chi connectivity index (χ1) is 9.78. The Bertz CT molecular complexity index is 547. The first-order valence-electron chi connectivity index (χ1n) is 7.65. The average molecular weight is 289 g/mol. The summed E-state index contributed by atoms with van der Waals surface area (Å²) in [5, 5.41) is 0. The van der Waals surface area contributed by atoms with Gasteiger partial charge in [-0.1, -0.05) is 6.92 Å². The first kappa shape index (κ1) is 13.8. The zero-order valence-electron chi connectivity index (χ0n) is 12.1. The number of nitrogens with zero attached hydrogens (tertiary/aromatic N) is 2. The number of rotatable bonds is 5. The van der Waals surface area contributed by atoms with Crippen LogP contribution in [0.2, 0.25) is 0 Å². The van der Waals surface area contributed by atoms with Gasteiger partial charge in [-0.3, -0.25) is 0 Å². The topological polar surface area (TPSA) is 43.8 Å². The molecular weight excluding hydrogens is 266 g/mol. The number of hydrogen-bond acceptors (Lipinski definition) is 3. The largest absolute Gasteiger partial charge is 0.335 e. The number of thiophene rings is 1. The Morgan fingerprint density at radius 2 is 2.25 bits per heavy atom. The number of imidazole rings is 1. The van der Waals surface area contributed by atoms with Gasteiger partial charge in [-0.05, 0) is 43.7 Å². The molecule has 0 radical (unpaired) electrons. The second-order valence-corrected chi connectivity index (χ2v) is 6.82. The molecule has 1 aliphatic carbocycles. The Kier molecular flexibility index (Phi) is 4.22. The van der Waals surface area contributed by atoms with Crippen molar-refractivity contribution in [3.8, 4) is 0 Å². The Hall–Kier alpha value is -1.13. The second kappa shape index (κ2) is 6.10. The van der Waals surface area contributed by atoms with Crippen molar-refractivity contribution >= 4 is 11.3 Å². The summed E-state index contributed by atoms with van der Waals surface area (Å²) in [5.41, 5.74) is 7.97. The molecule has 0 aliphatic heterocycles. The summed E-state index contributed by atoms with van der Waals surface area (Å²) in [7, 11) is 0. The third kappa shape index (κ3) is 2.81. The van der Waals surface area contributed by atoms with E-state index < -0.39 is 0 Å². The molecule has 2 heterocycles. The summed E-state index contributed by atoms with van der Waals surface area (Å²) in [6, 6.07) is 2.43. The predicted octanol–water partition coefficient (Wildman–Crippen LogP) is 3.48. The predicted molar refractivity (Wildman–Crippen MR) is 84.1 cm³/mol.